The Morgan fingerprint density at radius 2 is 2.00 bits per heavy atom. The molecule has 0 aliphatic carbocycles. The minimum Gasteiger partial charge on any atom is -0.342 e. The lowest BCUT2D eigenvalue weighted by Crippen LogP contribution is -2.38. The second-order valence-electron chi connectivity index (χ2n) is 4.30. The van der Waals surface area contributed by atoms with Gasteiger partial charge in [0, 0.05) is 26.1 Å². The predicted molar refractivity (Wildman–Crippen MR) is 70.7 cm³/mol. The van der Waals surface area contributed by atoms with Crippen LogP contribution in [0.3, 0.4) is 0 Å². The van der Waals surface area contributed by atoms with Crippen molar-refractivity contribution < 1.29 is 4.79 Å². The number of hydrogen-bond donors (Lipinski definition) is 1. The number of benzene rings is 1. The monoisotopic (exact) mass is 234 g/mol. The van der Waals surface area contributed by atoms with Crippen LogP contribution in [0, 0.1) is 0 Å². The van der Waals surface area contributed by atoms with E-state index in [2.05, 4.69) is 19.1 Å². The predicted octanol–water partition coefficient (Wildman–Crippen LogP) is 1.81. The Labute approximate surface area is 104 Å². The highest BCUT2D eigenvalue weighted by Crippen LogP contribution is 2.11. The van der Waals surface area contributed by atoms with E-state index in [1.165, 1.54) is 5.56 Å². The molecule has 1 rings (SSSR count). The summed E-state index contributed by atoms with van der Waals surface area (Å²) >= 11 is 0. The molecule has 0 radical (unpaired) electrons. The van der Waals surface area contributed by atoms with E-state index in [9.17, 15) is 4.79 Å². The third-order valence-electron chi connectivity index (χ3n) is 3.08. The second-order valence-corrected chi connectivity index (χ2v) is 4.30. The molecule has 0 bridgehead atoms. The van der Waals surface area contributed by atoms with Gasteiger partial charge in [0.05, 0.1) is 0 Å². The molecule has 1 unspecified atom stereocenters. The maximum atomic E-state index is 11.8. The molecule has 1 aromatic rings. The molecule has 2 N–H and O–H groups in total. The number of nitrogens with zero attached hydrogens (tertiary/aromatic N) is 1. The fraction of sp³-hybridized carbons (Fsp3) is 0.500. The van der Waals surface area contributed by atoms with Gasteiger partial charge in [-0.1, -0.05) is 37.3 Å². The van der Waals surface area contributed by atoms with Gasteiger partial charge in [0.2, 0.25) is 5.91 Å². The van der Waals surface area contributed by atoms with Gasteiger partial charge in [-0.2, -0.15) is 0 Å². The number of hydrogen-bond acceptors (Lipinski definition) is 2. The lowest BCUT2D eigenvalue weighted by Gasteiger charge is -2.27. The SMILES string of the molecule is CCC(Cc1ccccc1)N(C)C(=O)CCN. The Morgan fingerprint density at radius 1 is 1.35 bits per heavy atom. The number of amides is 1. The summed E-state index contributed by atoms with van der Waals surface area (Å²) in [4.78, 5) is 13.6. The Morgan fingerprint density at radius 3 is 2.53 bits per heavy atom. The summed E-state index contributed by atoms with van der Waals surface area (Å²) < 4.78 is 0. The highest BCUT2D eigenvalue weighted by molar-refractivity contribution is 5.76. The van der Waals surface area contributed by atoms with E-state index in [0.717, 1.165) is 12.8 Å². The van der Waals surface area contributed by atoms with Gasteiger partial charge in [-0.25, -0.2) is 0 Å². The van der Waals surface area contributed by atoms with Crippen LogP contribution in [0.1, 0.15) is 25.3 Å². The quantitative estimate of drug-likeness (QED) is 0.816. The van der Waals surface area contributed by atoms with E-state index < -0.39 is 0 Å². The first-order valence-electron chi connectivity index (χ1n) is 6.18. The molecule has 0 fully saturated rings. The fourth-order valence-corrected chi connectivity index (χ4v) is 1.94. The molecular weight excluding hydrogens is 212 g/mol. The first-order valence-corrected chi connectivity index (χ1v) is 6.18. The van der Waals surface area contributed by atoms with Crippen molar-refractivity contribution in [2.45, 2.75) is 32.2 Å². The summed E-state index contributed by atoms with van der Waals surface area (Å²) in [7, 11) is 1.87. The van der Waals surface area contributed by atoms with Crippen LogP contribution < -0.4 is 5.73 Å². The van der Waals surface area contributed by atoms with Crippen LogP contribution in [-0.2, 0) is 11.2 Å². The molecule has 0 aliphatic rings. The molecule has 0 spiro atoms. The zero-order valence-electron chi connectivity index (χ0n) is 10.7. The number of carbonyl (C=O) groups excluding carboxylic acids is 1. The number of rotatable bonds is 6. The standard InChI is InChI=1S/C14H22N2O/c1-3-13(16(2)14(17)9-10-15)11-12-7-5-4-6-8-12/h4-8,13H,3,9-11,15H2,1-2H3. The molecule has 0 aliphatic heterocycles. The van der Waals surface area contributed by atoms with E-state index in [0.29, 0.717) is 13.0 Å². The molecule has 0 saturated heterocycles. The van der Waals surface area contributed by atoms with Crippen LogP contribution in [0.5, 0.6) is 0 Å². The van der Waals surface area contributed by atoms with Crippen LogP contribution in [0.2, 0.25) is 0 Å². The van der Waals surface area contributed by atoms with E-state index in [-0.39, 0.29) is 11.9 Å². The Bertz CT molecular complexity index is 337. The maximum absolute atomic E-state index is 11.8. The van der Waals surface area contributed by atoms with E-state index in [1.807, 2.05) is 30.1 Å². The largest absolute Gasteiger partial charge is 0.342 e. The van der Waals surface area contributed by atoms with E-state index >= 15 is 0 Å². The van der Waals surface area contributed by atoms with Crippen LogP contribution >= 0.6 is 0 Å². The molecule has 1 aromatic carbocycles. The van der Waals surface area contributed by atoms with Gasteiger partial charge < -0.3 is 10.6 Å². The Balaban J connectivity index is 2.62. The summed E-state index contributed by atoms with van der Waals surface area (Å²) in [5, 5.41) is 0. The first-order chi connectivity index (χ1) is 8.19. The Hall–Kier alpha value is -1.35. The van der Waals surface area contributed by atoms with Crippen molar-refractivity contribution in [3.05, 3.63) is 35.9 Å². The summed E-state index contributed by atoms with van der Waals surface area (Å²) in [5.41, 5.74) is 6.68. The number of carbonyl (C=O) groups is 1. The highest BCUT2D eigenvalue weighted by Gasteiger charge is 2.17. The molecule has 17 heavy (non-hydrogen) atoms. The van der Waals surface area contributed by atoms with Gasteiger partial charge in [-0.3, -0.25) is 4.79 Å². The lowest BCUT2D eigenvalue weighted by molar-refractivity contribution is -0.131. The van der Waals surface area contributed by atoms with E-state index in [1.54, 1.807) is 0 Å². The second kappa shape index (κ2) is 7.07. The molecule has 94 valence electrons. The van der Waals surface area contributed by atoms with Crippen molar-refractivity contribution in [2.75, 3.05) is 13.6 Å². The van der Waals surface area contributed by atoms with Gasteiger partial charge in [0.1, 0.15) is 0 Å². The highest BCUT2D eigenvalue weighted by atomic mass is 16.2. The minimum atomic E-state index is 0.135. The summed E-state index contributed by atoms with van der Waals surface area (Å²) in [6.45, 7) is 2.53. The molecule has 3 nitrogen and oxygen atoms in total. The molecule has 3 heteroatoms. The van der Waals surface area contributed by atoms with Gasteiger partial charge in [-0.05, 0) is 18.4 Å². The molecule has 1 amide bonds. The average Bonchev–Trinajstić information content (AvgIpc) is 2.36. The van der Waals surface area contributed by atoms with Gasteiger partial charge in [-0.15, -0.1) is 0 Å². The zero-order chi connectivity index (χ0) is 12.7. The third-order valence-corrected chi connectivity index (χ3v) is 3.08. The van der Waals surface area contributed by atoms with Crippen LogP contribution in [0.4, 0.5) is 0 Å². The van der Waals surface area contributed by atoms with Crippen molar-refractivity contribution in [3.63, 3.8) is 0 Å². The van der Waals surface area contributed by atoms with Gasteiger partial charge in [0.15, 0.2) is 0 Å². The fourth-order valence-electron chi connectivity index (χ4n) is 1.94. The maximum Gasteiger partial charge on any atom is 0.223 e. The van der Waals surface area contributed by atoms with E-state index in [4.69, 9.17) is 5.73 Å². The molecule has 0 aromatic heterocycles. The lowest BCUT2D eigenvalue weighted by atomic mass is 10.0. The summed E-state index contributed by atoms with van der Waals surface area (Å²) in [6, 6.07) is 10.5. The molecule has 0 saturated carbocycles. The van der Waals surface area contributed by atoms with Crippen molar-refractivity contribution in [1.29, 1.82) is 0 Å². The number of nitrogens with two attached hydrogens (primary N) is 1. The zero-order valence-corrected chi connectivity index (χ0v) is 10.7. The van der Waals surface area contributed by atoms with Crippen molar-refractivity contribution >= 4 is 5.91 Å². The van der Waals surface area contributed by atoms with Gasteiger partial charge >= 0.3 is 0 Å². The Kier molecular flexibility index (Phi) is 5.70. The van der Waals surface area contributed by atoms with Crippen LogP contribution in [0.25, 0.3) is 0 Å². The normalized spacial score (nSPS) is 12.2. The minimum absolute atomic E-state index is 0.135. The summed E-state index contributed by atoms with van der Waals surface area (Å²) in [6.07, 6.45) is 2.30. The third kappa shape index (κ3) is 4.19. The molecule has 0 heterocycles. The van der Waals surface area contributed by atoms with Crippen molar-refractivity contribution in [1.82, 2.24) is 4.90 Å². The molecule has 1 atom stereocenters. The van der Waals surface area contributed by atoms with Crippen LogP contribution in [-0.4, -0.2) is 30.4 Å². The summed E-state index contributed by atoms with van der Waals surface area (Å²) in [5.74, 6) is 0.135. The van der Waals surface area contributed by atoms with Crippen molar-refractivity contribution in [2.24, 2.45) is 5.73 Å². The molecular formula is C14H22N2O. The van der Waals surface area contributed by atoms with Crippen molar-refractivity contribution in [3.8, 4) is 0 Å². The topological polar surface area (TPSA) is 46.3 Å². The number of likely N-dealkylation sites (N-methyl/N-ethyl adjacent to an activating group) is 1. The van der Waals surface area contributed by atoms with Gasteiger partial charge in [0.25, 0.3) is 0 Å². The smallest absolute Gasteiger partial charge is 0.223 e. The first kappa shape index (κ1) is 13.7. The van der Waals surface area contributed by atoms with Crippen LogP contribution in [0.15, 0.2) is 30.3 Å². The average molecular weight is 234 g/mol.